The number of esters is 1. The number of likely N-dealkylation sites (N-methyl/N-ethyl adjacent to an activating group) is 1. The number of hydrogen-bond donors (Lipinski definition) is 0. The van der Waals surface area contributed by atoms with E-state index >= 15 is 0 Å². The van der Waals surface area contributed by atoms with Crippen LogP contribution in [-0.4, -0.2) is 41.3 Å². The Labute approximate surface area is 189 Å². The molecule has 2 aliphatic rings. The minimum atomic E-state index is -0.450. The fourth-order valence-electron chi connectivity index (χ4n) is 3.56. The molecule has 1 unspecified atom stereocenters. The molecule has 1 atom stereocenters. The first-order valence-corrected chi connectivity index (χ1v) is 11.7. The van der Waals surface area contributed by atoms with Crippen LogP contribution in [0.3, 0.4) is 0 Å². The number of carbonyl (C=O) groups excluding carboxylic acids is 1. The molecule has 31 heavy (non-hydrogen) atoms. The summed E-state index contributed by atoms with van der Waals surface area (Å²) >= 11 is 1.46. The van der Waals surface area contributed by atoms with E-state index in [0.717, 1.165) is 11.3 Å². The van der Waals surface area contributed by atoms with Gasteiger partial charge in [-0.25, -0.2) is 14.8 Å². The predicted octanol–water partition coefficient (Wildman–Crippen LogP) is 4.86. The second-order valence-corrected chi connectivity index (χ2v) is 8.95. The highest BCUT2D eigenvalue weighted by Gasteiger charge is 2.47. The lowest BCUT2D eigenvalue weighted by Crippen LogP contribution is -2.37. The van der Waals surface area contributed by atoms with Crippen LogP contribution in [-0.2, 0) is 26.4 Å². The third-order valence-electron chi connectivity index (χ3n) is 5.93. The van der Waals surface area contributed by atoms with Gasteiger partial charge in [-0.3, -0.25) is 4.90 Å². The molecular formula is C24H31N3O3S. The zero-order valence-electron chi connectivity index (χ0n) is 18.9. The molecule has 1 saturated carbocycles. The zero-order valence-corrected chi connectivity index (χ0v) is 19.7. The monoisotopic (exact) mass is 441 g/mol. The SMILES string of the molecule is C(OCc1ccccc1)=C1CCC1.COC(=O)C1c2nc(SC)ncc2C(C)(C)N1C. The molecule has 2 heterocycles. The van der Waals surface area contributed by atoms with Gasteiger partial charge in [0.05, 0.1) is 19.1 Å². The number of carbonyl (C=O) groups is 1. The number of fused-ring (bicyclic) bond motifs is 1. The molecule has 1 aromatic carbocycles. The fraction of sp³-hybridized carbons (Fsp3) is 0.458. The molecule has 1 aliphatic heterocycles. The number of rotatable bonds is 5. The second-order valence-electron chi connectivity index (χ2n) is 8.18. The average molecular weight is 442 g/mol. The normalized spacial score (nSPS) is 18.9. The van der Waals surface area contributed by atoms with Crippen molar-refractivity contribution in [2.75, 3.05) is 20.4 Å². The van der Waals surface area contributed by atoms with Crippen molar-refractivity contribution in [2.24, 2.45) is 0 Å². The van der Waals surface area contributed by atoms with Gasteiger partial charge in [-0.05, 0) is 57.5 Å². The molecule has 6 nitrogen and oxygen atoms in total. The van der Waals surface area contributed by atoms with E-state index in [1.165, 1.54) is 49.3 Å². The van der Waals surface area contributed by atoms with Crippen molar-refractivity contribution in [2.45, 2.75) is 56.5 Å². The Bertz CT molecular complexity index is 925. The molecule has 4 rings (SSSR count). The molecule has 7 heteroatoms. The van der Waals surface area contributed by atoms with Gasteiger partial charge in [-0.2, -0.15) is 0 Å². The highest BCUT2D eigenvalue weighted by molar-refractivity contribution is 7.98. The van der Waals surface area contributed by atoms with Crippen molar-refractivity contribution in [1.29, 1.82) is 0 Å². The van der Waals surface area contributed by atoms with E-state index in [-0.39, 0.29) is 11.5 Å². The van der Waals surface area contributed by atoms with Crippen molar-refractivity contribution in [3.8, 4) is 0 Å². The topological polar surface area (TPSA) is 64.5 Å². The Morgan fingerprint density at radius 2 is 2.00 bits per heavy atom. The van der Waals surface area contributed by atoms with Crippen molar-refractivity contribution < 1.29 is 14.3 Å². The van der Waals surface area contributed by atoms with Crippen LogP contribution in [0.2, 0.25) is 0 Å². The number of methoxy groups -OCH3 is 1. The summed E-state index contributed by atoms with van der Waals surface area (Å²) in [5, 5.41) is 0.675. The standard InChI is InChI=1S/C12H17N3O2S.C12H14O/c1-12(2)7-6-13-11(18-5)14-8(7)9(15(12)3)10(16)17-4;1-2-5-11(6-3-1)9-13-10-12-7-4-8-12/h6,9H,1-5H3;1-3,5-6,10H,4,7-9H2. The number of allylic oxidation sites excluding steroid dienone is 1. The lowest BCUT2D eigenvalue weighted by atomic mass is 9.94. The van der Waals surface area contributed by atoms with Crippen molar-refractivity contribution in [3.05, 3.63) is 65.2 Å². The lowest BCUT2D eigenvalue weighted by Gasteiger charge is -2.30. The van der Waals surface area contributed by atoms with Gasteiger partial charge in [0.15, 0.2) is 11.2 Å². The lowest BCUT2D eigenvalue weighted by molar-refractivity contribution is -0.148. The summed E-state index contributed by atoms with van der Waals surface area (Å²) in [4.78, 5) is 22.7. The first-order chi connectivity index (χ1) is 14.9. The molecule has 0 N–H and O–H groups in total. The Hall–Kier alpha value is -2.38. The highest BCUT2D eigenvalue weighted by Crippen LogP contribution is 2.44. The summed E-state index contributed by atoms with van der Waals surface area (Å²) in [6, 6.07) is 9.81. The van der Waals surface area contributed by atoms with Crippen LogP contribution in [0.25, 0.3) is 0 Å². The Balaban J connectivity index is 0.000000185. The van der Waals surface area contributed by atoms with Gasteiger partial charge in [0.1, 0.15) is 6.61 Å². The first kappa shape index (κ1) is 23.3. The van der Waals surface area contributed by atoms with Crippen LogP contribution in [0.1, 0.15) is 56.0 Å². The maximum Gasteiger partial charge on any atom is 0.329 e. The summed E-state index contributed by atoms with van der Waals surface area (Å²) in [6.07, 6.45) is 9.45. The largest absolute Gasteiger partial charge is 0.497 e. The summed E-state index contributed by atoms with van der Waals surface area (Å²) in [5.74, 6) is -0.282. The van der Waals surface area contributed by atoms with Crippen molar-refractivity contribution in [3.63, 3.8) is 0 Å². The van der Waals surface area contributed by atoms with Gasteiger partial charge in [-0.1, -0.05) is 42.1 Å². The number of nitrogens with zero attached hydrogens (tertiary/aromatic N) is 3. The number of hydrogen-bond acceptors (Lipinski definition) is 7. The molecule has 0 spiro atoms. The van der Waals surface area contributed by atoms with Gasteiger partial charge >= 0.3 is 5.97 Å². The molecule has 0 saturated heterocycles. The predicted molar refractivity (Wildman–Crippen MR) is 123 cm³/mol. The van der Waals surface area contributed by atoms with Gasteiger partial charge in [0.25, 0.3) is 0 Å². The average Bonchev–Trinajstić information content (AvgIpc) is 2.95. The van der Waals surface area contributed by atoms with Crippen molar-refractivity contribution >= 4 is 17.7 Å². The maximum atomic E-state index is 11.9. The van der Waals surface area contributed by atoms with Crippen molar-refractivity contribution in [1.82, 2.24) is 14.9 Å². The van der Waals surface area contributed by atoms with Crippen LogP contribution in [0.15, 0.2) is 53.5 Å². The zero-order chi connectivity index (χ0) is 22.4. The number of benzene rings is 1. The van der Waals surface area contributed by atoms with Gasteiger partial charge in [0.2, 0.25) is 0 Å². The Kier molecular flexibility index (Phi) is 7.73. The molecular weight excluding hydrogens is 410 g/mol. The molecule has 166 valence electrons. The maximum absolute atomic E-state index is 11.9. The van der Waals surface area contributed by atoms with Crippen LogP contribution in [0.5, 0.6) is 0 Å². The molecule has 0 bridgehead atoms. The van der Waals surface area contributed by atoms with Crippen LogP contribution < -0.4 is 0 Å². The van der Waals surface area contributed by atoms with E-state index in [0.29, 0.717) is 11.8 Å². The number of thioether (sulfide) groups is 1. The summed E-state index contributed by atoms with van der Waals surface area (Å²) in [5.41, 5.74) is 4.16. The molecule has 1 fully saturated rings. The number of ether oxygens (including phenoxy) is 2. The van der Waals surface area contributed by atoms with Crippen LogP contribution in [0, 0.1) is 0 Å². The smallest absolute Gasteiger partial charge is 0.329 e. The molecule has 0 radical (unpaired) electrons. The summed E-state index contributed by atoms with van der Waals surface area (Å²) in [7, 11) is 3.31. The first-order valence-electron chi connectivity index (χ1n) is 10.4. The van der Waals surface area contributed by atoms with Crippen LogP contribution >= 0.6 is 11.8 Å². The second kappa shape index (κ2) is 10.3. The molecule has 0 amide bonds. The number of aromatic nitrogens is 2. The van der Waals surface area contributed by atoms with Gasteiger partial charge in [-0.15, -0.1) is 0 Å². The fourth-order valence-corrected chi connectivity index (χ4v) is 3.91. The Morgan fingerprint density at radius 1 is 1.29 bits per heavy atom. The highest BCUT2D eigenvalue weighted by atomic mass is 32.2. The van der Waals surface area contributed by atoms with E-state index < -0.39 is 6.04 Å². The summed E-state index contributed by atoms with van der Waals surface area (Å²) < 4.78 is 10.3. The molecule has 2 aromatic rings. The minimum Gasteiger partial charge on any atom is -0.497 e. The van der Waals surface area contributed by atoms with E-state index in [1.807, 2.05) is 48.9 Å². The molecule has 1 aromatic heterocycles. The quantitative estimate of drug-likeness (QED) is 0.284. The van der Waals surface area contributed by atoms with E-state index in [9.17, 15) is 4.79 Å². The van der Waals surface area contributed by atoms with Gasteiger partial charge < -0.3 is 9.47 Å². The van der Waals surface area contributed by atoms with Crippen LogP contribution in [0.4, 0.5) is 0 Å². The van der Waals surface area contributed by atoms with E-state index in [1.54, 1.807) is 0 Å². The van der Waals surface area contributed by atoms with E-state index in [2.05, 4.69) is 35.9 Å². The summed E-state index contributed by atoms with van der Waals surface area (Å²) in [6.45, 7) is 4.80. The third kappa shape index (κ3) is 5.28. The minimum absolute atomic E-state index is 0.273. The Morgan fingerprint density at radius 3 is 2.58 bits per heavy atom. The third-order valence-corrected chi connectivity index (χ3v) is 6.49. The van der Waals surface area contributed by atoms with Gasteiger partial charge in [0, 0.05) is 17.3 Å². The van der Waals surface area contributed by atoms with E-state index in [4.69, 9.17) is 9.47 Å². The molecule has 1 aliphatic carbocycles.